The number of nitro benzene ring substituents is 1. The van der Waals surface area contributed by atoms with E-state index in [1.165, 1.54) is 31.0 Å². The average molecular weight is 529 g/mol. The van der Waals surface area contributed by atoms with Gasteiger partial charge in [-0.2, -0.15) is 0 Å². The maximum Gasteiger partial charge on any atom is 0.270 e. The predicted molar refractivity (Wildman–Crippen MR) is 153 cm³/mol. The summed E-state index contributed by atoms with van der Waals surface area (Å²) in [7, 11) is 7.70. The molecule has 1 aliphatic heterocycles. The topological polar surface area (TPSA) is 119 Å². The van der Waals surface area contributed by atoms with Gasteiger partial charge in [-0.3, -0.25) is 19.7 Å². The largest absolute Gasteiger partial charge is 0.399 e. The van der Waals surface area contributed by atoms with Crippen molar-refractivity contribution < 1.29 is 19.2 Å². The number of nitrogen functional groups attached to an aromatic ring is 1. The number of ketones is 2. The minimum absolute atomic E-state index is 0.00167. The third-order valence-corrected chi connectivity index (χ3v) is 5.84. The lowest BCUT2D eigenvalue weighted by Crippen LogP contribution is -2.25. The van der Waals surface area contributed by atoms with E-state index in [9.17, 15) is 19.7 Å². The molecule has 0 aliphatic carbocycles. The molecule has 1 aliphatic rings. The van der Waals surface area contributed by atoms with E-state index < -0.39 is 4.92 Å². The van der Waals surface area contributed by atoms with Crippen molar-refractivity contribution in [2.75, 3.05) is 53.6 Å². The van der Waals surface area contributed by atoms with Gasteiger partial charge in [0.2, 0.25) is 0 Å². The fraction of sp³-hybridized carbons (Fsp3) is 0.517. The van der Waals surface area contributed by atoms with Gasteiger partial charge in [0.25, 0.3) is 5.69 Å². The molecular weight excluding hydrogens is 484 g/mol. The standard InChI is InChI=1S/C12H16N2O3.C12H18N2O.C5H10O/c1-9(8-13(2)3)12(15)10-5-4-6-11(7-10)14(16)17;1-9(8-14(2)3)12(15)10-5-4-6-11(13)7-10;1-5-3-2-4-6-5/h4-7,9H,8H2,1-3H3;4-7,9H,8,13H2,1-3H3;5H,2-4H2,1H3/t2*9-;/m11./s1. The van der Waals surface area contributed by atoms with Gasteiger partial charge in [0.05, 0.1) is 11.0 Å². The first-order chi connectivity index (χ1) is 17.8. The summed E-state index contributed by atoms with van der Waals surface area (Å²) in [6.07, 6.45) is 3.08. The Balaban J connectivity index is 0.000000313. The highest BCUT2D eigenvalue weighted by Gasteiger charge is 2.18. The van der Waals surface area contributed by atoms with E-state index in [4.69, 9.17) is 10.5 Å². The number of anilines is 1. The number of nitro groups is 1. The van der Waals surface area contributed by atoms with Crippen molar-refractivity contribution in [1.29, 1.82) is 0 Å². The third-order valence-electron chi connectivity index (χ3n) is 5.84. The number of Topliss-reactive ketones (excluding diaryl/α,β-unsaturated/α-hetero) is 2. The van der Waals surface area contributed by atoms with E-state index in [-0.39, 0.29) is 29.1 Å². The molecule has 0 amide bonds. The van der Waals surface area contributed by atoms with Crippen LogP contribution >= 0.6 is 0 Å². The normalized spacial score (nSPS) is 16.1. The van der Waals surface area contributed by atoms with E-state index in [1.807, 2.05) is 64.0 Å². The summed E-state index contributed by atoms with van der Waals surface area (Å²) in [4.78, 5) is 38.0. The van der Waals surface area contributed by atoms with Crippen LogP contribution in [0.5, 0.6) is 0 Å². The Labute approximate surface area is 227 Å². The molecule has 9 heteroatoms. The number of nitrogens with two attached hydrogens (primary N) is 1. The molecule has 9 nitrogen and oxygen atoms in total. The van der Waals surface area contributed by atoms with Gasteiger partial charge in [0.1, 0.15) is 0 Å². The molecule has 3 rings (SSSR count). The molecule has 210 valence electrons. The molecule has 1 fully saturated rings. The fourth-order valence-electron chi connectivity index (χ4n) is 4.03. The molecule has 3 atom stereocenters. The van der Waals surface area contributed by atoms with Gasteiger partial charge in [-0.05, 0) is 60.1 Å². The smallest absolute Gasteiger partial charge is 0.270 e. The highest BCUT2D eigenvalue weighted by molar-refractivity contribution is 5.98. The summed E-state index contributed by atoms with van der Waals surface area (Å²) < 4.78 is 5.15. The first-order valence-corrected chi connectivity index (χ1v) is 12.9. The second-order valence-corrected chi connectivity index (χ2v) is 10.3. The molecule has 0 bridgehead atoms. The molecule has 2 aromatic rings. The molecule has 2 N–H and O–H groups in total. The van der Waals surface area contributed by atoms with Crippen LogP contribution in [0.3, 0.4) is 0 Å². The Hall–Kier alpha value is -3.14. The second-order valence-electron chi connectivity index (χ2n) is 10.3. The Morgan fingerprint density at radius 1 is 0.974 bits per heavy atom. The Bertz CT molecular complexity index is 1040. The lowest BCUT2D eigenvalue weighted by molar-refractivity contribution is -0.384. The van der Waals surface area contributed by atoms with Crippen LogP contribution in [0.1, 0.15) is 54.3 Å². The average Bonchev–Trinajstić information content (AvgIpc) is 3.34. The quantitative estimate of drug-likeness (QED) is 0.213. The molecule has 1 heterocycles. The van der Waals surface area contributed by atoms with Gasteiger partial charge < -0.3 is 20.3 Å². The van der Waals surface area contributed by atoms with E-state index in [1.54, 1.807) is 18.2 Å². The van der Waals surface area contributed by atoms with Crippen LogP contribution in [0.15, 0.2) is 48.5 Å². The molecule has 0 spiro atoms. The molecule has 1 unspecified atom stereocenters. The number of rotatable bonds is 9. The number of non-ortho nitro benzene ring substituents is 1. The number of ether oxygens (including phenoxy) is 1. The number of hydrogen-bond acceptors (Lipinski definition) is 8. The molecule has 0 radical (unpaired) electrons. The zero-order valence-corrected chi connectivity index (χ0v) is 23.8. The Morgan fingerprint density at radius 2 is 1.47 bits per heavy atom. The summed E-state index contributed by atoms with van der Waals surface area (Å²) in [5, 5.41) is 10.6. The van der Waals surface area contributed by atoms with Crippen LogP contribution in [0.25, 0.3) is 0 Å². The Kier molecular flexibility index (Phi) is 14.4. The van der Waals surface area contributed by atoms with Gasteiger partial charge in [-0.15, -0.1) is 0 Å². The first-order valence-electron chi connectivity index (χ1n) is 12.9. The van der Waals surface area contributed by atoms with Crippen molar-refractivity contribution in [2.24, 2.45) is 11.8 Å². The van der Waals surface area contributed by atoms with Crippen LogP contribution in [-0.2, 0) is 4.74 Å². The van der Waals surface area contributed by atoms with Crippen LogP contribution < -0.4 is 5.73 Å². The van der Waals surface area contributed by atoms with Crippen LogP contribution in [0, 0.1) is 22.0 Å². The molecule has 38 heavy (non-hydrogen) atoms. The van der Waals surface area contributed by atoms with Crippen LogP contribution in [0.4, 0.5) is 11.4 Å². The van der Waals surface area contributed by atoms with Crippen molar-refractivity contribution in [3.63, 3.8) is 0 Å². The summed E-state index contributed by atoms with van der Waals surface area (Å²) in [5.74, 6) is -0.0906. The monoisotopic (exact) mass is 528 g/mol. The van der Waals surface area contributed by atoms with E-state index in [0.717, 1.165) is 13.2 Å². The van der Waals surface area contributed by atoms with Crippen molar-refractivity contribution in [1.82, 2.24) is 9.80 Å². The number of carbonyl (C=O) groups excluding carboxylic acids is 2. The number of benzene rings is 2. The van der Waals surface area contributed by atoms with Crippen molar-refractivity contribution >= 4 is 22.9 Å². The predicted octanol–water partition coefficient (Wildman–Crippen LogP) is 4.81. The van der Waals surface area contributed by atoms with E-state index in [0.29, 0.717) is 29.5 Å². The number of nitrogens with zero attached hydrogens (tertiary/aromatic N) is 3. The van der Waals surface area contributed by atoms with Gasteiger partial charge >= 0.3 is 0 Å². The molecular formula is C29H44N4O5. The summed E-state index contributed by atoms with van der Waals surface area (Å²) >= 11 is 0. The van der Waals surface area contributed by atoms with Gasteiger partial charge in [0, 0.05) is 60.5 Å². The first kappa shape index (κ1) is 32.9. The van der Waals surface area contributed by atoms with Gasteiger partial charge in [-0.1, -0.05) is 38.1 Å². The molecule has 0 aromatic heterocycles. The Morgan fingerprint density at radius 3 is 1.84 bits per heavy atom. The van der Waals surface area contributed by atoms with Gasteiger partial charge in [0.15, 0.2) is 11.6 Å². The zero-order valence-electron chi connectivity index (χ0n) is 23.8. The SMILES string of the molecule is CC1CCCO1.C[C@H](CN(C)C)C(=O)c1cccc(N)c1.C[C@H](CN(C)C)C(=O)c1cccc([N+](=O)[O-])c1. The summed E-state index contributed by atoms with van der Waals surface area (Å²) in [6, 6.07) is 13.0. The third kappa shape index (κ3) is 12.4. The van der Waals surface area contributed by atoms with Crippen molar-refractivity contribution in [2.45, 2.75) is 39.7 Å². The molecule has 2 aromatic carbocycles. The van der Waals surface area contributed by atoms with Crippen molar-refractivity contribution in [3.8, 4) is 0 Å². The minimum atomic E-state index is -0.493. The second kappa shape index (κ2) is 16.7. The van der Waals surface area contributed by atoms with Crippen molar-refractivity contribution in [3.05, 3.63) is 69.8 Å². The maximum absolute atomic E-state index is 12.0. The van der Waals surface area contributed by atoms with Crippen LogP contribution in [-0.4, -0.2) is 80.3 Å². The van der Waals surface area contributed by atoms with Crippen LogP contribution in [0.2, 0.25) is 0 Å². The molecule has 0 saturated carbocycles. The minimum Gasteiger partial charge on any atom is -0.399 e. The lowest BCUT2D eigenvalue weighted by Gasteiger charge is -2.15. The summed E-state index contributed by atoms with van der Waals surface area (Å²) in [5.41, 5.74) is 7.32. The maximum atomic E-state index is 12.0. The lowest BCUT2D eigenvalue weighted by atomic mass is 9.98. The fourth-order valence-corrected chi connectivity index (χ4v) is 4.03. The number of carbonyl (C=O) groups is 2. The van der Waals surface area contributed by atoms with E-state index in [2.05, 4.69) is 6.92 Å². The summed E-state index contributed by atoms with van der Waals surface area (Å²) in [6.45, 7) is 8.25. The molecule has 1 saturated heterocycles. The van der Waals surface area contributed by atoms with Gasteiger partial charge in [-0.25, -0.2) is 0 Å². The number of hydrogen-bond donors (Lipinski definition) is 1. The van der Waals surface area contributed by atoms with E-state index >= 15 is 0 Å². The highest BCUT2D eigenvalue weighted by Crippen LogP contribution is 2.17. The highest BCUT2D eigenvalue weighted by atomic mass is 16.6. The zero-order chi connectivity index (χ0) is 28.8.